The number of nitrogens with zero attached hydrogens (tertiary/aromatic N) is 5. The zero-order valence-corrected chi connectivity index (χ0v) is 18.6. The summed E-state index contributed by atoms with van der Waals surface area (Å²) in [5.41, 5.74) is 1.87. The van der Waals surface area contributed by atoms with Gasteiger partial charge >= 0.3 is 0 Å². The van der Waals surface area contributed by atoms with Gasteiger partial charge in [0, 0.05) is 67.4 Å². The van der Waals surface area contributed by atoms with E-state index >= 15 is 0 Å². The van der Waals surface area contributed by atoms with Crippen LogP contribution in [0.2, 0.25) is 5.02 Å². The van der Waals surface area contributed by atoms with E-state index in [1.54, 1.807) is 23.1 Å². The smallest absolute Gasteiger partial charge is 0.269 e. The molecular formula is C22H20ClN5O3S. The summed E-state index contributed by atoms with van der Waals surface area (Å²) in [6.45, 7) is 2.56. The number of rotatable bonds is 6. The third-order valence-corrected chi connectivity index (χ3v) is 6.18. The lowest BCUT2D eigenvalue weighted by molar-refractivity contribution is -0.384. The van der Waals surface area contributed by atoms with Gasteiger partial charge in [0.05, 0.1) is 4.92 Å². The molecule has 8 nitrogen and oxygen atoms in total. The topological polar surface area (TPSA) is 92.5 Å². The van der Waals surface area contributed by atoms with Crippen molar-refractivity contribution in [2.45, 2.75) is 6.42 Å². The molecule has 0 unspecified atom stereocenters. The Morgan fingerprint density at radius 3 is 2.44 bits per heavy atom. The van der Waals surface area contributed by atoms with Gasteiger partial charge in [-0.05, 0) is 41.5 Å². The maximum atomic E-state index is 12.5. The van der Waals surface area contributed by atoms with Crippen LogP contribution in [0.1, 0.15) is 17.0 Å². The van der Waals surface area contributed by atoms with Crippen molar-refractivity contribution >= 4 is 45.9 Å². The molecule has 0 bridgehead atoms. The first-order valence-electron chi connectivity index (χ1n) is 10.0. The Labute approximate surface area is 194 Å². The summed E-state index contributed by atoms with van der Waals surface area (Å²) >= 11 is 7.30. The van der Waals surface area contributed by atoms with Crippen molar-refractivity contribution < 1.29 is 9.72 Å². The molecule has 1 fully saturated rings. The van der Waals surface area contributed by atoms with Gasteiger partial charge in [0.1, 0.15) is 5.82 Å². The third-order valence-electron chi connectivity index (χ3n) is 5.12. The second-order valence-corrected chi connectivity index (χ2v) is 8.46. The number of carbonyl (C=O) groups is 1. The first-order valence-corrected chi connectivity index (χ1v) is 11.2. The van der Waals surface area contributed by atoms with Gasteiger partial charge < -0.3 is 9.80 Å². The fraction of sp³-hybridized carbons (Fsp3) is 0.227. The summed E-state index contributed by atoms with van der Waals surface area (Å²) in [5.74, 6) is 0.695. The van der Waals surface area contributed by atoms with Gasteiger partial charge in [-0.25, -0.2) is 4.98 Å². The number of nitro benzene ring substituents is 1. The molecule has 0 atom stereocenters. The average Bonchev–Trinajstić information content (AvgIpc) is 3.28. The van der Waals surface area contributed by atoms with Crippen LogP contribution in [-0.4, -0.2) is 51.3 Å². The zero-order valence-electron chi connectivity index (χ0n) is 17.1. The number of piperazine rings is 1. The standard InChI is InChI=1S/C22H20ClN5O3S/c23-18-6-1-17(2-7-18)15-20-24-22(32-25-20)27-13-11-26(12-14-27)21(29)10-5-16-3-8-19(9-4-16)28(30)31/h1-10H,11-15H2. The van der Waals surface area contributed by atoms with Crippen LogP contribution in [0.3, 0.4) is 0 Å². The van der Waals surface area contributed by atoms with E-state index in [0.29, 0.717) is 37.6 Å². The Kier molecular flexibility index (Phi) is 6.77. The molecule has 3 aromatic rings. The summed E-state index contributed by atoms with van der Waals surface area (Å²) in [6, 6.07) is 13.7. The quantitative estimate of drug-likeness (QED) is 0.307. The summed E-state index contributed by atoms with van der Waals surface area (Å²) in [7, 11) is 0. The predicted molar refractivity (Wildman–Crippen MR) is 125 cm³/mol. The number of hydrogen-bond acceptors (Lipinski definition) is 7. The Morgan fingerprint density at radius 2 is 1.78 bits per heavy atom. The van der Waals surface area contributed by atoms with Gasteiger partial charge in [0.15, 0.2) is 0 Å². The molecule has 0 aliphatic carbocycles. The van der Waals surface area contributed by atoms with E-state index in [9.17, 15) is 14.9 Å². The van der Waals surface area contributed by atoms with E-state index in [2.05, 4.69) is 14.3 Å². The molecule has 1 aliphatic heterocycles. The highest BCUT2D eigenvalue weighted by Crippen LogP contribution is 2.21. The number of non-ortho nitro benzene ring substituents is 1. The molecule has 2 heterocycles. The number of amides is 1. The minimum Gasteiger partial charge on any atom is -0.343 e. The van der Waals surface area contributed by atoms with Crippen molar-refractivity contribution in [3.05, 3.63) is 86.7 Å². The minimum atomic E-state index is -0.448. The third kappa shape index (κ3) is 5.49. The molecule has 1 saturated heterocycles. The second kappa shape index (κ2) is 9.88. The fourth-order valence-electron chi connectivity index (χ4n) is 3.33. The van der Waals surface area contributed by atoms with Crippen molar-refractivity contribution in [1.29, 1.82) is 0 Å². The van der Waals surface area contributed by atoms with Gasteiger partial charge in [-0.2, -0.15) is 4.37 Å². The molecule has 164 valence electrons. The van der Waals surface area contributed by atoms with Gasteiger partial charge in [-0.3, -0.25) is 14.9 Å². The predicted octanol–water partition coefficient (Wildman–Crippen LogP) is 4.05. The van der Waals surface area contributed by atoms with Gasteiger partial charge in [0.2, 0.25) is 11.0 Å². The number of benzene rings is 2. The Bertz CT molecular complexity index is 1120. The van der Waals surface area contributed by atoms with Crippen LogP contribution in [0.4, 0.5) is 10.8 Å². The van der Waals surface area contributed by atoms with E-state index in [0.717, 1.165) is 22.1 Å². The normalized spacial score (nSPS) is 14.2. The van der Waals surface area contributed by atoms with Crippen LogP contribution in [0.25, 0.3) is 6.08 Å². The van der Waals surface area contributed by atoms with E-state index in [1.807, 2.05) is 24.3 Å². The number of halogens is 1. The molecule has 1 aromatic heterocycles. The summed E-state index contributed by atoms with van der Waals surface area (Å²) < 4.78 is 4.47. The lowest BCUT2D eigenvalue weighted by Crippen LogP contribution is -2.48. The highest BCUT2D eigenvalue weighted by molar-refractivity contribution is 7.09. The van der Waals surface area contributed by atoms with E-state index < -0.39 is 4.92 Å². The highest BCUT2D eigenvalue weighted by Gasteiger charge is 2.22. The maximum Gasteiger partial charge on any atom is 0.269 e. The molecule has 32 heavy (non-hydrogen) atoms. The second-order valence-electron chi connectivity index (χ2n) is 7.29. The summed E-state index contributed by atoms with van der Waals surface area (Å²) in [4.78, 5) is 31.4. The molecule has 0 spiro atoms. The van der Waals surface area contributed by atoms with E-state index in [-0.39, 0.29) is 11.6 Å². The number of aromatic nitrogens is 2. The summed E-state index contributed by atoms with van der Waals surface area (Å²) in [6.07, 6.45) is 3.83. The van der Waals surface area contributed by atoms with Crippen LogP contribution in [-0.2, 0) is 11.2 Å². The van der Waals surface area contributed by atoms with Crippen LogP contribution >= 0.6 is 23.1 Å². The molecule has 4 rings (SSSR count). The Balaban J connectivity index is 1.29. The lowest BCUT2D eigenvalue weighted by atomic mass is 10.1. The van der Waals surface area contributed by atoms with Crippen LogP contribution in [0, 0.1) is 10.1 Å². The van der Waals surface area contributed by atoms with Crippen molar-refractivity contribution in [3.63, 3.8) is 0 Å². The van der Waals surface area contributed by atoms with Gasteiger partial charge in [-0.1, -0.05) is 23.7 Å². The number of anilines is 1. The Hall–Kier alpha value is -3.30. The largest absolute Gasteiger partial charge is 0.343 e. The lowest BCUT2D eigenvalue weighted by Gasteiger charge is -2.33. The van der Waals surface area contributed by atoms with Crippen LogP contribution in [0.5, 0.6) is 0 Å². The average molecular weight is 470 g/mol. The van der Waals surface area contributed by atoms with Crippen LogP contribution in [0.15, 0.2) is 54.6 Å². The molecule has 0 N–H and O–H groups in total. The summed E-state index contributed by atoms with van der Waals surface area (Å²) in [5, 5.41) is 12.3. The van der Waals surface area contributed by atoms with Crippen molar-refractivity contribution in [3.8, 4) is 0 Å². The molecule has 10 heteroatoms. The monoisotopic (exact) mass is 469 g/mol. The Morgan fingerprint density at radius 1 is 1.09 bits per heavy atom. The van der Waals surface area contributed by atoms with Gasteiger partial charge in [-0.15, -0.1) is 0 Å². The molecule has 0 saturated carbocycles. The highest BCUT2D eigenvalue weighted by atomic mass is 35.5. The SMILES string of the molecule is O=C(C=Cc1ccc([N+](=O)[O-])cc1)N1CCN(c2nc(Cc3ccc(Cl)cc3)ns2)CC1. The van der Waals surface area contributed by atoms with Crippen molar-refractivity contribution in [2.75, 3.05) is 31.1 Å². The first kappa shape index (κ1) is 21.9. The molecule has 0 radical (unpaired) electrons. The molecule has 1 aliphatic rings. The molecule has 1 amide bonds. The zero-order chi connectivity index (χ0) is 22.5. The minimum absolute atomic E-state index is 0.0256. The van der Waals surface area contributed by atoms with Crippen molar-refractivity contribution in [1.82, 2.24) is 14.3 Å². The maximum absolute atomic E-state index is 12.5. The van der Waals surface area contributed by atoms with Crippen molar-refractivity contribution in [2.24, 2.45) is 0 Å². The number of carbonyl (C=O) groups excluding carboxylic acids is 1. The molecule has 2 aromatic carbocycles. The number of hydrogen-bond donors (Lipinski definition) is 0. The molecular weight excluding hydrogens is 450 g/mol. The fourth-order valence-corrected chi connectivity index (χ4v) is 4.19. The van der Waals surface area contributed by atoms with E-state index in [4.69, 9.17) is 11.6 Å². The van der Waals surface area contributed by atoms with Crippen LogP contribution < -0.4 is 4.90 Å². The first-order chi connectivity index (χ1) is 15.5. The van der Waals surface area contributed by atoms with E-state index in [1.165, 1.54) is 29.7 Å². The van der Waals surface area contributed by atoms with Gasteiger partial charge in [0.25, 0.3) is 5.69 Å². The number of nitro groups is 1.